The fourth-order valence-corrected chi connectivity index (χ4v) is 5.79. The third-order valence-electron chi connectivity index (χ3n) is 6.46. The topological polar surface area (TPSA) is 199 Å². The predicted molar refractivity (Wildman–Crippen MR) is 148 cm³/mol. The number of H-pyrrole nitrogens is 4. The van der Waals surface area contributed by atoms with Crippen LogP contribution in [-0.2, 0) is 6.42 Å². The van der Waals surface area contributed by atoms with Gasteiger partial charge in [0.1, 0.15) is 11.4 Å². The Morgan fingerprint density at radius 2 is 1.76 bits per heavy atom. The van der Waals surface area contributed by atoms with Crippen molar-refractivity contribution in [1.82, 2.24) is 40.5 Å². The lowest BCUT2D eigenvalue weighted by Gasteiger charge is -2.37. The first-order valence-corrected chi connectivity index (χ1v) is 13.7. The molecule has 194 valence electrons. The van der Waals surface area contributed by atoms with Crippen molar-refractivity contribution in [2.24, 2.45) is 11.8 Å². The molecule has 0 saturated heterocycles. The molecule has 0 aromatic carbocycles. The van der Waals surface area contributed by atoms with Gasteiger partial charge in [0.25, 0.3) is 11.8 Å². The number of hydrogen-bond acceptors (Lipinski definition) is 6. The average Bonchev–Trinajstić information content (AvgIpc) is 3.63. The molecule has 1 aliphatic carbocycles. The third kappa shape index (κ3) is 5.33. The molecule has 0 unspecified atom stereocenters. The van der Waals surface area contributed by atoms with E-state index in [1.165, 1.54) is 0 Å². The van der Waals surface area contributed by atoms with Crippen molar-refractivity contribution in [3.63, 3.8) is 0 Å². The van der Waals surface area contributed by atoms with Crippen LogP contribution in [0.5, 0.6) is 0 Å². The second-order valence-corrected chi connectivity index (χ2v) is 11.4. The highest BCUT2D eigenvalue weighted by atomic mass is 79.9. The summed E-state index contributed by atoms with van der Waals surface area (Å²) in [5.74, 6) is -0.467. The van der Waals surface area contributed by atoms with Crippen LogP contribution in [-0.4, -0.2) is 54.8 Å². The minimum absolute atomic E-state index is 0.0772. The maximum Gasteiger partial charge on any atom is 0.267 e. The van der Waals surface area contributed by atoms with Crippen LogP contribution >= 0.6 is 47.8 Å². The summed E-state index contributed by atoms with van der Waals surface area (Å²) >= 11 is 10.1. The monoisotopic (exact) mass is 696 g/mol. The summed E-state index contributed by atoms with van der Waals surface area (Å²) in [6.07, 6.45) is 3.94. The zero-order chi connectivity index (χ0) is 26.3. The zero-order valence-corrected chi connectivity index (χ0v) is 23.9. The molecule has 37 heavy (non-hydrogen) atoms. The number of nitrogens with zero attached hydrogens (tertiary/aromatic N) is 2. The molecule has 0 bridgehead atoms. The number of nitrogens with one attached hydrogen (secondary N) is 6. The van der Waals surface area contributed by atoms with E-state index in [2.05, 4.69) is 88.3 Å². The Kier molecular flexibility index (Phi) is 7.18. The largest absolute Gasteiger partial charge is 0.369 e. The number of imidazole rings is 2. The van der Waals surface area contributed by atoms with Gasteiger partial charge in [0.2, 0.25) is 0 Å². The maximum absolute atomic E-state index is 13.0. The predicted octanol–water partition coefficient (Wildman–Crippen LogP) is 3.02. The minimum atomic E-state index is -0.300. The summed E-state index contributed by atoms with van der Waals surface area (Å²) in [6, 6.07) is 3.41. The number of halogens is 3. The van der Waals surface area contributed by atoms with E-state index in [1.807, 2.05) is 0 Å². The van der Waals surface area contributed by atoms with Crippen molar-refractivity contribution in [3.05, 3.63) is 66.5 Å². The molecule has 12 nitrogen and oxygen atoms in total. The lowest BCUT2D eigenvalue weighted by atomic mass is 9.71. The van der Waals surface area contributed by atoms with Crippen LogP contribution in [0.4, 0.5) is 11.9 Å². The first-order valence-electron chi connectivity index (χ1n) is 11.3. The number of carbonyl (C=O) groups is 2. The Morgan fingerprint density at radius 1 is 1.00 bits per heavy atom. The van der Waals surface area contributed by atoms with E-state index in [0.29, 0.717) is 41.4 Å². The Morgan fingerprint density at radius 3 is 2.41 bits per heavy atom. The Bertz CT molecular complexity index is 1430. The molecule has 4 heterocycles. The van der Waals surface area contributed by atoms with Crippen molar-refractivity contribution < 1.29 is 9.59 Å². The second kappa shape index (κ2) is 10.4. The quantitative estimate of drug-likeness (QED) is 0.146. The van der Waals surface area contributed by atoms with Crippen LogP contribution in [0.3, 0.4) is 0 Å². The van der Waals surface area contributed by atoms with Gasteiger partial charge in [-0.15, -0.1) is 0 Å². The summed E-state index contributed by atoms with van der Waals surface area (Å²) in [5, 5.41) is 6.05. The van der Waals surface area contributed by atoms with Gasteiger partial charge in [0.15, 0.2) is 11.9 Å². The molecule has 3 atom stereocenters. The number of nitrogens with two attached hydrogens (primary N) is 2. The number of aromatic nitrogens is 6. The number of anilines is 2. The first-order chi connectivity index (χ1) is 17.7. The van der Waals surface area contributed by atoms with Crippen LogP contribution in [0.2, 0.25) is 0 Å². The van der Waals surface area contributed by atoms with E-state index in [9.17, 15) is 9.59 Å². The molecule has 4 aromatic heterocycles. The van der Waals surface area contributed by atoms with E-state index in [1.54, 1.807) is 24.5 Å². The van der Waals surface area contributed by atoms with E-state index in [0.717, 1.165) is 26.0 Å². The van der Waals surface area contributed by atoms with E-state index < -0.39 is 0 Å². The van der Waals surface area contributed by atoms with Gasteiger partial charge in [0.05, 0.1) is 21.0 Å². The lowest BCUT2D eigenvalue weighted by molar-refractivity contribution is 0.0906. The molecule has 4 aromatic rings. The highest BCUT2D eigenvalue weighted by Crippen LogP contribution is 2.42. The Hall–Kier alpha value is -3.04. The van der Waals surface area contributed by atoms with E-state index >= 15 is 0 Å². The SMILES string of the molecule is Nc1ncc([C@H]2c3nc(N)[nH]c3C[C@H](CNC(=O)c3cc(Br)c[nH]3)[C@H]2CNC(=O)c2cc(Br)c(Br)[nH]2)[nH]1. The summed E-state index contributed by atoms with van der Waals surface area (Å²) < 4.78 is 2.21. The summed E-state index contributed by atoms with van der Waals surface area (Å²) in [4.78, 5) is 46.7. The number of carbonyl (C=O) groups excluding carboxylic acids is 2. The molecule has 1 aliphatic rings. The molecule has 0 saturated carbocycles. The van der Waals surface area contributed by atoms with Gasteiger partial charge in [-0.2, -0.15) is 0 Å². The van der Waals surface area contributed by atoms with Gasteiger partial charge in [-0.1, -0.05) is 0 Å². The summed E-state index contributed by atoms with van der Waals surface area (Å²) in [6.45, 7) is 0.658. The first kappa shape index (κ1) is 25.6. The van der Waals surface area contributed by atoms with E-state index in [4.69, 9.17) is 11.5 Å². The smallest absolute Gasteiger partial charge is 0.267 e. The average molecular weight is 699 g/mol. The summed E-state index contributed by atoms with van der Waals surface area (Å²) in [7, 11) is 0. The van der Waals surface area contributed by atoms with Gasteiger partial charge in [-0.25, -0.2) is 9.97 Å². The van der Waals surface area contributed by atoms with Crippen molar-refractivity contribution in [2.45, 2.75) is 12.3 Å². The molecular weight excluding hydrogens is 676 g/mol. The minimum Gasteiger partial charge on any atom is -0.369 e. The normalized spacial score (nSPS) is 18.9. The van der Waals surface area contributed by atoms with Gasteiger partial charge >= 0.3 is 0 Å². The van der Waals surface area contributed by atoms with Gasteiger partial charge < -0.3 is 42.0 Å². The Balaban J connectivity index is 1.44. The maximum atomic E-state index is 13.0. The molecule has 10 N–H and O–H groups in total. The van der Waals surface area contributed by atoms with Gasteiger partial charge in [-0.3, -0.25) is 9.59 Å². The van der Waals surface area contributed by atoms with Crippen molar-refractivity contribution in [1.29, 1.82) is 0 Å². The molecule has 15 heteroatoms. The number of amides is 2. The lowest BCUT2D eigenvalue weighted by Crippen LogP contribution is -2.44. The zero-order valence-electron chi connectivity index (χ0n) is 19.2. The number of nitrogen functional groups attached to an aromatic ring is 2. The molecule has 0 fully saturated rings. The summed E-state index contributed by atoms with van der Waals surface area (Å²) in [5.41, 5.74) is 15.2. The fraction of sp³-hybridized carbons (Fsp3) is 0.273. The third-order valence-corrected chi connectivity index (χ3v) is 8.70. The standard InChI is InChI=1S/C22H23Br3N10O2/c23-9-2-13(28-5-9)19(36)29-4-8-1-12-17(35-22(27)33-12)16(15-7-31-21(26)34-15)10(8)6-30-20(37)14-3-11(24)18(25)32-14/h2-3,5,7-8,10,16,28,32H,1,4,6H2,(H,29,36)(H,30,37)(H3,26,31,34)(H3,27,33,35)/t8-,10-,16+/m1/s1. The second-order valence-electron chi connectivity index (χ2n) is 8.81. The van der Waals surface area contributed by atoms with Crippen LogP contribution in [0.15, 0.2) is 38.1 Å². The molecule has 2 amide bonds. The number of fused-ring (bicyclic) bond motifs is 1. The highest BCUT2D eigenvalue weighted by Gasteiger charge is 2.41. The van der Waals surface area contributed by atoms with Crippen LogP contribution in [0.1, 0.15) is 44.0 Å². The Labute approximate surface area is 235 Å². The molecular formula is C22H23Br3N10O2. The molecule has 5 rings (SSSR count). The highest BCUT2D eigenvalue weighted by molar-refractivity contribution is 9.13. The van der Waals surface area contributed by atoms with Crippen LogP contribution < -0.4 is 22.1 Å². The van der Waals surface area contributed by atoms with E-state index in [-0.39, 0.29) is 35.5 Å². The molecule has 0 radical (unpaired) electrons. The van der Waals surface area contributed by atoms with Crippen LogP contribution in [0, 0.1) is 11.8 Å². The number of rotatable bonds is 7. The van der Waals surface area contributed by atoms with Gasteiger partial charge in [0, 0.05) is 41.1 Å². The van der Waals surface area contributed by atoms with Crippen molar-refractivity contribution in [2.75, 3.05) is 24.6 Å². The molecule has 0 spiro atoms. The van der Waals surface area contributed by atoms with Crippen molar-refractivity contribution >= 4 is 71.5 Å². The van der Waals surface area contributed by atoms with Crippen molar-refractivity contribution in [3.8, 4) is 0 Å². The number of hydrogen-bond donors (Lipinski definition) is 8. The molecule has 0 aliphatic heterocycles. The fourth-order valence-electron chi connectivity index (χ4n) is 4.79. The van der Waals surface area contributed by atoms with Crippen LogP contribution in [0.25, 0.3) is 0 Å². The number of aromatic amines is 4. The van der Waals surface area contributed by atoms with Gasteiger partial charge in [-0.05, 0) is 78.2 Å².